The molecule has 2 aliphatic rings. The molecule has 1 N–H and O–H groups in total. The standard InChI is InChI=1S/C14H25NO2/c1-10-8-12(9-11-6-7-11)4-3-5-13(15-2)14(16)17-10/h10-13,15H,3-9H2,1-2H3/t10?,12?,13-/m0/s1. The third-order valence-electron chi connectivity index (χ3n) is 4.08. The summed E-state index contributed by atoms with van der Waals surface area (Å²) in [6.45, 7) is 2.04. The first-order valence-corrected chi connectivity index (χ1v) is 7.06. The molecule has 98 valence electrons. The van der Waals surface area contributed by atoms with E-state index in [4.69, 9.17) is 4.74 Å². The van der Waals surface area contributed by atoms with Gasteiger partial charge in [0.15, 0.2) is 0 Å². The van der Waals surface area contributed by atoms with Crippen LogP contribution in [-0.2, 0) is 9.53 Å². The number of likely N-dealkylation sites (N-methyl/N-ethyl adjacent to an activating group) is 1. The molecule has 0 bridgehead atoms. The van der Waals surface area contributed by atoms with Crippen molar-refractivity contribution in [1.82, 2.24) is 5.32 Å². The fourth-order valence-electron chi connectivity index (χ4n) is 2.95. The number of carbonyl (C=O) groups is 1. The number of ether oxygens (including phenoxy) is 1. The van der Waals surface area contributed by atoms with Gasteiger partial charge in [-0.2, -0.15) is 0 Å². The molecular weight excluding hydrogens is 214 g/mol. The Hall–Kier alpha value is -0.570. The predicted molar refractivity (Wildman–Crippen MR) is 67.7 cm³/mol. The SMILES string of the molecule is CN[C@H]1CCCC(CC2CC2)CC(C)OC1=O. The normalized spacial score (nSPS) is 35.6. The minimum absolute atomic E-state index is 0.0629. The molecule has 1 saturated carbocycles. The van der Waals surface area contributed by atoms with Crippen LogP contribution in [0.4, 0.5) is 0 Å². The number of cyclic esters (lactones) is 1. The van der Waals surface area contributed by atoms with Gasteiger partial charge in [0.2, 0.25) is 0 Å². The summed E-state index contributed by atoms with van der Waals surface area (Å²) < 4.78 is 5.51. The number of hydrogen-bond donors (Lipinski definition) is 1. The van der Waals surface area contributed by atoms with Crippen LogP contribution < -0.4 is 5.32 Å². The Labute approximate surface area is 104 Å². The van der Waals surface area contributed by atoms with E-state index in [0.717, 1.165) is 31.1 Å². The van der Waals surface area contributed by atoms with Crippen LogP contribution in [0.5, 0.6) is 0 Å². The van der Waals surface area contributed by atoms with Gasteiger partial charge < -0.3 is 10.1 Å². The van der Waals surface area contributed by atoms with Crippen molar-refractivity contribution in [3.8, 4) is 0 Å². The lowest BCUT2D eigenvalue weighted by atomic mass is 9.90. The van der Waals surface area contributed by atoms with Crippen molar-refractivity contribution in [2.24, 2.45) is 11.8 Å². The monoisotopic (exact) mass is 239 g/mol. The van der Waals surface area contributed by atoms with E-state index in [-0.39, 0.29) is 18.1 Å². The second-order valence-electron chi connectivity index (χ2n) is 5.80. The van der Waals surface area contributed by atoms with Gasteiger partial charge in [-0.15, -0.1) is 0 Å². The zero-order valence-electron chi connectivity index (χ0n) is 11.1. The lowest BCUT2D eigenvalue weighted by molar-refractivity contribution is -0.151. The first-order chi connectivity index (χ1) is 8.19. The molecule has 0 aromatic carbocycles. The van der Waals surface area contributed by atoms with E-state index < -0.39 is 0 Å². The molecule has 0 spiro atoms. The number of esters is 1. The summed E-state index contributed by atoms with van der Waals surface area (Å²) >= 11 is 0. The second kappa shape index (κ2) is 5.85. The Morgan fingerprint density at radius 3 is 2.65 bits per heavy atom. The van der Waals surface area contributed by atoms with E-state index in [2.05, 4.69) is 5.32 Å². The van der Waals surface area contributed by atoms with Crippen molar-refractivity contribution >= 4 is 5.97 Å². The lowest BCUT2D eigenvalue weighted by Gasteiger charge is -2.20. The average Bonchev–Trinajstić information content (AvgIpc) is 3.06. The van der Waals surface area contributed by atoms with Gasteiger partial charge in [-0.25, -0.2) is 0 Å². The first-order valence-electron chi connectivity index (χ1n) is 7.06. The molecule has 0 amide bonds. The highest BCUT2D eigenvalue weighted by molar-refractivity contribution is 5.75. The molecule has 1 heterocycles. The molecule has 0 aromatic rings. The lowest BCUT2D eigenvalue weighted by Crippen LogP contribution is -2.36. The smallest absolute Gasteiger partial charge is 0.323 e. The maximum atomic E-state index is 11.8. The Bertz CT molecular complexity index is 263. The summed E-state index contributed by atoms with van der Waals surface area (Å²) in [4.78, 5) is 11.8. The highest BCUT2D eigenvalue weighted by Gasteiger charge is 2.29. The van der Waals surface area contributed by atoms with Gasteiger partial charge in [-0.05, 0) is 45.1 Å². The molecule has 2 rings (SSSR count). The first kappa shape index (κ1) is 12.9. The zero-order chi connectivity index (χ0) is 12.3. The topological polar surface area (TPSA) is 38.3 Å². The summed E-state index contributed by atoms with van der Waals surface area (Å²) in [6, 6.07) is -0.0999. The van der Waals surface area contributed by atoms with Gasteiger partial charge in [-0.3, -0.25) is 4.79 Å². The van der Waals surface area contributed by atoms with E-state index >= 15 is 0 Å². The molecule has 3 atom stereocenters. The number of rotatable bonds is 3. The highest BCUT2D eigenvalue weighted by Crippen LogP contribution is 2.38. The predicted octanol–water partition coefficient (Wildman–Crippen LogP) is 2.50. The summed E-state index contributed by atoms with van der Waals surface area (Å²) in [5.74, 6) is 1.68. The molecule has 1 saturated heterocycles. The van der Waals surface area contributed by atoms with Gasteiger partial charge in [0.05, 0.1) is 6.10 Å². The maximum Gasteiger partial charge on any atom is 0.323 e. The Morgan fingerprint density at radius 1 is 1.24 bits per heavy atom. The van der Waals surface area contributed by atoms with Crippen molar-refractivity contribution in [3.63, 3.8) is 0 Å². The number of nitrogens with one attached hydrogen (secondary N) is 1. The van der Waals surface area contributed by atoms with Gasteiger partial charge in [0.25, 0.3) is 0 Å². The van der Waals surface area contributed by atoms with Crippen molar-refractivity contribution < 1.29 is 9.53 Å². The minimum Gasteiger partial charge on any atom is -0.462 e. The molecule has 1 aliphatic heterocycles. The van der Waals surface area contributed by atoms with Crippen molar-refractivity contribution in [3.05, 3.63) is 0 Å². The van der Waals surface area contributed by atoms with Gasteiger partial charge in [-0.1, -0.05) is 25.7 Å². The Balaban J connectivity index is 1.90. The van der Waals surface area contributed by atoms with Crippen molar-refractivity contribution in [1.29, 1.82) is 0 Å². The molecule has 3 heteroatoms. The second-order valence-corrected chi connectivity index (χ2v) is 5.80. The van der Waals surface area contributed by atoms with Crippen LogP contribution in [0.2, 0.25) is 0 Å². The van der Waals surface area contributed by atoms with E-state index in [1.54, 1.807) is 0 Å². The molecule has 0 radical (unpaired) electrons. The summed E-state index contributed by atoms with van der Waals surface area (Å²) in [5.41, 5.74) is 0. The number of carbonyl (C=O) groups excluding carboxylic acids is 1. The Morgan fingerprint density at radius 2 is 2.00 bits per heavy atom. The third-order valence-corrected chi connectivity index (χ3v) is 4.08. The molecule has 2 unspecified atom stereocenters. The zero-order valence-corrected chi connectivity index (χ0v) is 11.1. The molecule has 2 fully saturated rings. The summed E-state index contributed by atoms with van der Waals surface area (Å²) in [5, 5.41) is 3.06. The van der Waals surface area contributed by atoms with E-state index in [1.807, 2.05) is 14.0 Å². The molecular formula is C14H25NO2. The van der Waals surface area contributed by atoms with Crippen LogP contribution in [0.3, 0.4) is 0 Å². The van der Waals surface area contributed by atoms with E-state index in [9.17, 15) is 4.79 Å². The van der Waals surface area contributed by atoms with Crippen LogP contribution in [0.1, 0.15) is 51.9 Å². The summed E-state index contributed by atoms with van der Waals surface area (Å²) in [7, 11) is 1.84. The van der Waals surface area contributed by atoms with Gasteiger partial charge >= 0.3 is 5.97 Å². The van der Waals surface area contributed by atoms with Crippen LogP contribution in [0, 0.1) is 11.8 Å². The van der Waals surface area contributed by atoms with E-state index in [1.165, 1.54) is 25.7 Å². The summed E-state index contributed by atoms with van der Waals surface area (Å²) in [6.07, 6.45) is 8.65. The molecule has 0 aromatic heterocycles. The van der Waals surface area contributed by atoms with Crippen molar-refractivity contribution in [2.45, 2.75) is 64.0 Å². The largest absolute Gasteiger partial charge is 0.462 e. The molecule has 3 nitrogen and oxygen atoms in total. The Kier molecular flexibility index (Phi) is 4.43. The van der Waals surface area contributed by atoms with Crippen LogP contribution in [0.15, 0.2) is 0 Å². The molecule has 17 heavy (non-hydrogen) atoms. The van der Waals surface area contributed by atoms with Crippen LogP contribution >= 0.6 is 0 Å². The fraction of sp³-hybridized carbons (Fsp3) is 0.929. The maximum absolute atomic E-state index is 11.8. The quantitative estimate of drug-likeness (QED) is 0.769. The van der Waals surface area contributed by atoms with Crippen LogP contribution in [0.25, 0.3) is 0 Å². The van der Waals surface area contributed by atoms with Gasteiger partial charge in [0.1, 0.15) is 6.04 Å². The average molecular weight is 239 g/mol. The third kappa shape index (κ3) is 3.98. The number of hydrogen-bond acceptors (Lipinski definition) is 3. The minimum atomic E-state index is -0.0999. The highest BCUT2D eigenvalue weighted by atomic mass is 16.5. The van der Waals surface area contributed by atoms with Crippen molar-refractivity contribution in [2.75, 3.05) is 7.05 Å². The van der Waals surface area contributed by atoms with Crippen LogP contribution in [-0.4, -0.2) is 25.2 Å². The fourth-order valence-corrected chi connectivity index (χ4v) is 2.95. The van der Waals surface area contributed by atoms with E-state index in [0.29, 0.717) is 0 Å². The molecule has 1 aliphatic carbocycles. The van der Waals surface area contributed by atoms with Gasteiger partial charge in [0, 0.05) is 0 Å².